The van der Waals surface area contributed by atoms with Gasteiger partial charge in [0, 0.05) is 24.7 Å². The molecule has 106 valence electrons. The topological polar surface area (TPSA) is 15.3 Å². The first kappa shape index (κ1) is 14.1. The highest BCUT2D eigenvalue weighted by atomic mass is 19.4. The maximum absolute atomic E-state index is 13.3. The van der Waals surface area contributed by atoms with Crippen molar-refractivity contribution in [3.8, 4) is 0 Å². The van der Waals surface area contributed by atoms with Gasteiger partial charge in [0.15, 0.2) is 0 Å². The molecule has 2 rings (SSSR count). The zero-order chi connectivity index (χ0) is 13.6. The number of hydrogen-bond acceptors (Lipinski definition) is 2. The van der Waals surface area contributed by atoms with Crippen LogP contribution in [0.25, 0.3) is 0 Å². The summed E-state index contributed by atoms with van der Waals surface area (Å²) in [5.41, 5.74) is -1.71. The molecule has 18 heavy (non-hydrogen) atoms. The van der Waals surface area contributed by atoms with E-state index in [0.717, 1.165) is 12.8 Å². The molecule has 0 radical (unpaired) electrons. The highest BCUT2D eigenvalue weighted by molar-refractivity contribution is 5.14. The number of piperazine rings is 1. The van der Waals surface area contributed by atoms with E-state index in [0.29, 0.717) is 13.1 Å². The highest BCUT2D eigenvalue weighted by Crippen LogP contribution is 2.55. The van der Waals surface area contributed by atoms with Gasteiger partial charge in [0.25, 0.3) is 0 Å². The zero-order valence-electron chi connectivity index (χ0n) is 11.4. The molecule has 1 N–H and O–H groups in total. The molecule has 0 spiro atoms. The Morgan fingerprint density at radius 2 is 1.89 bits per heavy atom. The summed E-state index contributed by atoms with van der Waals surface area (Å²) in [5.74, 6) is 0. The Balaban J connectivity index is 2.22. The van der Waals surface area contributed by atoms with Crippen molar-refractivity contribution in [2.24, 2.45) is 0 Å². The Labute approximate surface area is 107 Å². The van der Waals surface area contributed by atoms with Crippen LogP contribution in [0.15, 0.2) is 0 Å². The molecule has 2 aliphatic rings. The summed E-state index contributed by atoms with van der Waals surface area (Å²) in [6, 6.07) is 0.00810. The van der Waals surface area contributed by atoms with Gasteiger partial charge in [-0.05, 0) is 32.6 Å². The molecule has 0 aromatic rings. The standard InChI is InChI=1S/C13H23F3N2/c1-4-10-8-17-11(3,5-2)9-18(10)12(6-7-12)13(14,15)16/h10,17H,4-9H2,1-3H3. The van der Waals surface area contributed by atoms with E-state index in [4.69, 9.17) is 0 Å². The molecular formula is C13H23F3N2. The minimum absolute atomic E-state index is 0.00810. The van der Waals surface area contributed by atoms with Crippen molar-refractivity contribution < 1.29 is 13.2 Å². The van der Waals surface area contributed by atoms with Crippen LogP contribution in [0.1, 0.15) is 46.5 Å². The molecule has 1 aliphatic heterocycles. The molecule has 2 unspecified atom stereocenters. The van der Waals surface area contributed by atoms with E-state index >= 15 is 0 Å². The third-order valence-corrected chi connectivity index (χ3v) is 4.78. The van der Waals surface area contributed by atoms with Crippen LogP contribution in [0.5, 0.6) is 0 Å². The monoisotopic (exact) mass is 264 g/mol. The Bertz CT molecular complexity index is 312. The van der Waals surface area contributed by atoms with Crippen LogP contribution >= 0.6 is 0 Å². The molecule has 0 bridgehead atoms. The zero-order valence-corrected chi connectivity index (χ0v) is 11.4. The molecule has 1 aliphatic carbocycles. The highest BCUT2D eigenvalue weighted by Gasteiger charge is 2.68. The summed E-state index contributed by atoms with van der Waals surface area (Å²) in [5, 5.41) is 3.42. The van der Waals surface area contributed by atoms with Gasteiger partial charge in [-0.3, -0.25) is 4.90 Å². The minimum Gasteiger partial charge on any atom is -0.309 e. The molecule has 2 atom stereocenters. The number of rotatable bonds is 3. The van der Waals surface area contributed by atoms with Crippen LogP contribution in [-0.4, -0.2) is 41.3 Å². The van der Waals surface area contributed by atoms with Crippen LogP contribution in [0.4, 0.5) is 13.2 Å². The van der Waals surface area contributed by atoms with E-state index in [-0.39, 0.29) is 24.4 Å². The smallest absolute Gasteiger partial charge is 0.309 e. The summed E-state index contributed by atoms with van der Waals surface area (Å²) >= 11 is 0. The SMILES string of the molecule is CCC1CNC(C)(CC)CN1C1(C(F)(F)F)CC1. The molecule has 0 aromatic heterocycles. The first-order valence-corrected chi connectivity index (χ1v) is 6.86. The van der Waals surface area contributed by atoms with Crippen LogP contribution in [0, 0.1) is 0 Å². The van der Waals surface area contributed by atoms with Gasteiger partial charge in [-0.2, -0.15) is 13.2 Å². The summed E-state index contributed by atoms with van der Waals surface area (Å²) in [6.45, 7) is 7.20. The van der Waals surface area contributed by atoms with Crippen molar-refractivity contribution in [1.82, 2.24) is 10.2 Å². The molecule has 5 heteroatoms. The van der Waals surface area contributed by atoms with Gasteiger partial charge in [0.2, 0.25) is 0 Å². The molecular weight excluding hydrogens is 241 g/mol. The fourth-order valence-electron chi connectivity index (χ4n) is 2.99. The van der Waals surface area contributed by atoms with Crippen LogP contribution in [0.2, 0.25) is 0 Å². The molecule has 1 saturated heterocycles. The van der Waals surface area contributed by atoms with Crippen LogP contribution in [0.3, 0.4) is 0 Å². The third-order valence-electron chi connectivity index (χ3n) is 4.78. The Morgan fingerprint density at radius 1 is 1.28 bits per heavy atom. The predicted octanol–water partition coefficient (Wildman–Crippen LogP) is 2.93. The molecule has 0 aromatic carbocycles. The van der Waals surface area contributed by atoms with Gasteiger partial charge >= 0.3 is 6.18 Å². The van der Waals surface area contributed by atoms with E-state index in [1.165, 1.54) is 0 Å². The maximum Gasteiger partial charge on any atom is 0.406 e. The quantitative estimate of drug-likeness (QED) is 0.843. The van der Waals surface area contributed by atoms with Crippen molar-refractivity contribution in [2.45, 2.75) is 69.8 Å². The summed E-state index contributed by atoms with van der Waals surface area (Å²) in [4.78, 5) is 1.74. The fourth-order valence-corrected chi connectivity index (χ4v) is 2.99. The van der Waals surface area contributed by atoms with Crippen LogP contribution < -0.4 is 5.32 Å². The number of nitrogens with one attached hydrogen (secondary N) is 1. The second-order valence-corrected chi connectivity index (χ2v) is 6.01. The number of hydrogen-bond donors (Lipinski definition) is 1. The maximum atomic E-state index is 13.3. The Morgan fingerprint density at radius 3 is 2.28 bits per heavy atom. The fraction of sp³-hybridized carbons (Fsp3) is 1.00. The number of nitrogens with zero attached hydrogens (tertiary/aromatic N) is 1. The third kappa shape index (κ3) is 2.16. The first-order chi connectivity index (χ1) is 8.28. The van der Waals surface area contributed by atoms with Gasteiger partial charge in [0.1, 0.15) is 5.54 Å². The summed E-state index contributed by atoms with van der Waals surface area (Å²) in [7, 11) is 0. The van der Waals surface area contributed by atoms with Crippen molar-refractivity contribution in [2.75, 3.05) is 13.1 Å². The molecule has 2 fully saturated rings. The van der Waals surface area contributed by atoms with Gasteiger partial charge in [-0.15, -0.1) is 0 Å². The van der Waals surface area contributed by atoms with Crippen molar-refractivity contribution in [3.63, 3.8) is 0 Å². The Hall–Kier alpha value is -0.290. The second-order valence-electron chi connectivity index (χ2n) is 6.01. The average Bonchev–Trinajstić information content (AvgIpc) is 3.09. The second kappa shape index (κ2) is 4.37. The van der Waals surface area contributed by atoms with E-state index in [2.05, 4.69) is 5.32 Å². The summed E-state index contributed by atoms with van der Waals surface area (Å²) in [6.07, 6.45) is -1.93. The van der Waals surface area contributed by atoms with Gasteiger partial charge in [-0.25, -0.2) is 0 Å². The lowest BCUT2D eigenvalue weighted by atomic mass is 9.90. The van der Waals surface area contributed by atoms with Gasteiger partial charge in [-0.1, -0.05) is 13.8 Å². The minimum atomic E-state index is -4.09. The Kier molecular flexibility index (Phi) is 3.43. The largest absolute Gasteiger partial charge is 0.406 e. The van der Waals surface area contributed by atoms with Crippen molar-refractivity contribution in [1.29, 1.82) is 0 Å². The lowest BCUT2D eigenvalue weighted by Gasteiger charge is -2.49. The van der Waals surface area contributed by atoms with Crippen LogP contribution in [-0.2, 0) is 0 Å². The van der Waals surface area contributed by atoms with Crippen molar-refractivity contribution in [3.05, 3.63) is 0 Å². The molecule has 2 nitrogen and oxygen atoms in total. The van der Waals surface area contributed by atoms with E-state index in [9.17, 15) is 13.2 Å². The predicted molar refractivity (Wildman–Crippen MR) is 65.5 cm³/mol. The van der Waals surface area contributed by atoms with Gasteiger partial charge < -0.3 is 5.32 Å². The first-order valence-electron chi connectivity index (χ1n) is 6.86. The summed E-state index contributed by atoms with van der Waals surface area (Å²) < 4.78 is 39.9. The number of alkyl halides is 3. The lowest BCUT2D eigenvalue weighted by molar-refractivity contribution is -0.209. The van der Waals surface area contributed by atoms with E-state index in [1.807, 2.05) is 20.8 Å². The average molecular weight is 264 g/mol. The van der Waals surface area contributed by atoms with E-state index in [1.54, 1.807) is 4.90 Å². The normalized spacial score (nSPS) is 36.7. The van der Waals surface area contributed by atoms with E-state index < -0.39 is 11.7 Å². The van der Waals surface area contributed by atoms with Gasteiger partial charge in [0.05, 0.1) is 0 Å². The molecule has 1 saturated carbocycles. The molecule has 1 heterocycles. The molecule has 0 amide bonds. The number of halogens is 3. The van der Waals surface area contributed by atoms with Crippen molar-refractivity contribution >= 4 is 0 Å². The lowest BCUT2D eigenvalue weighted by Crippen LogP contribution is -2.67.